The number of ether oxygens (including phenoxy) is 1. The first-order valence-electron chi connectivity index (χ1n) is 7.33. The summed E-state index contributed by atoms with van der Waals surface area (Å²) in [5, 5.41) is 3.22. The Kier molecular flexibility index (Phi) is 4.38. The summed E-state index contributed by atoms with van der Waals surface area (Å²) < 4.78 is 5.38. The van der Waals surface area contributed by atoms with Crippen LogP contribution in [0.2, 0.25) is 0 Å². The average molecular weight is 331 g/mol. The number of methoxy groups -OCH3 is 1. The van der Waals surface area contributed by atoms with E-state index in [1.54, 1.807) is 7.11 Å². The normalized spacial score (nSPS) is 16.6. The predicted octanol–water partition coefficient (Wildman–Crippen LogP) is 2.36. The van der Waals surface area contributed by atoms with Crippen LogP contribution in [0, 0.1) is 0 Å². The molecule has 0 saturated carbocycles. The predicted molar refractivity (Wildman–Crippen MR) is 89.3 cm³/mol. The monoisotopic (exact) mass is 331 g/mol. The molecule has 23 heavy (non-hydrogen) atoms. The molecule has 0 saturated heterocycles. The number of rotatable bonds is 4. The zero-order chi connectivity index (χ0) is 16.4. The van der Waals surface area contributed by atoms with E-state index in [2.05, 4.69) is 15.3 Å². The Hall–Kier alpha value is -2.28. The number of hydrogen-bond acceptors (Lipinski definition) is 5. The highest BCUT2D eigenvalue weighted by Gasteiger charge is 2.32. The number of amides is 1. The lowest BCUT2D eigenvalue weighted by molar-refractivity contribution is -0.116. The molecule has 1 aliphatic heterocycles. The van der Waals surface area contributed by atoms with Crippen LogP contribution < -0.4 is 15.6 Å². The number of benzene rings is 1. The van der Waals surface area contributed by atoms with Crippen molar-refractivity contribution in [1.29, 1.82) is 0 Å². The molecule has 1 atom stereocenters. The van der Waals surface area contributed by atoms with Gasteiger partial charge in [-0.25, -0.2) is 4.98 Å². The third-order valence-electron chi connectivity index (χ3n) is 3.72. The van der Waals surface area contributed by atoms with E-state index in [4.69, 9.17) is 4.74 Å². The van der Waals surface area contributed by atoms with E-state index in [0.29, 0.717) is 22.3 Å². The SMILES string of the molecule is CCSc1nc2c(c(=O)[nH]1)[C@@H](c1ccccc1OC)CC(=O)N2. The highest BCUT2D eigenvalue weighted by atomic mass is 32.2. The van der Waals surface area contributed by atoms with Gasteiger partial charge in [0, 0.05) is 17.9 Å². The maximum absolute atomic E-state index is 12.5. The van der Waals surface area contributed by atoms with Crippen molar-refractivity contribution in [1.82, 2.24) is 9.97 Å². The molecule has 0 aliphatic carbocycles. The Balaban J connectivity index is 2.15. The highest BCUT2D eigenvalue weighted by Crippen LogP contribution is 2.38. The highest BCUT2D eigenvalue weighted by molar-refractivity contribution is 7.99. The number of anilines is 1. The zero-order valence-corrected chi connectivity index (χ0v) is 13.7. The molecule has 2 N–H and O–H groups in total. The summed E-state index contributed by atoms with van der Waals surface area (Å²) in [4.78, 5) is 31.8. The summed E-state index contributed by atoms with van der Waals surface area (Å²) >= 11 is 1.43. The first-order chi connectivity index (χ1) is 11.1. The first kappa shape index (κ1) is 15.6. The number of aromatic nitrogens is 2. The summed E-state index contributed by atoms with van der Waals surface area (Å²) in [5.74, 6) is 1.26. The van der Waals surface area contributed by atoms with E-state index in [-0.39, 0.29) is 23.8 Å². The second kappa shape index (κ2) is 6.45. The number of thioether (sulfide) groups is 1. The second-order valence-corrected chi connectivity index (χ2v) is 6.37. The zero-order valence-electron chi connectivity index (χ0n) is 12.9. The summed E-state index contributed by atoms with van der Waals surface area (Å²) in [5.41, 5.74) is 1.07. The van der Waals surface area contributed by atoms with E-state index in [0.717, 1.165) is 11.3 Å². The van der Waals surface area contributed by atoms with Gasteiger partial charge in [-0.15, -0.1) is 0 Å². The van der Waals surface area contributed by atoms with Crippen LogP contribution in [0.25, 0.3) is 0 Å². The Labute approximate surface area is 137 Å². The van der Waals surface area contributed by atoms with Gasteiger partial charge in [0.1, 0.15) is 11.6 Å². The number of hydrogen-bond donors (Lipinski definition) is 2. The van der Waals surface area contributed by atoms with Crippen LogP contribution in [-0.2, 0) is 4.79 Å². The van der Waals surface area contributed by atoms with Gasteiger partial charge in [0.25, 0.3) is 5.56 Å². The summed E-state index contributed by atoms with van der Waals surface area (Å²) in [6.45, 7) is 1.97. The van der Waals surface area contributed by atoms with Gasteiger partial charge in [0.15, 0.2) is 5.16 Å². The molecular formula is C16H17N3O3S. The van der Waals surface area contributed by atoms with Crippen molar-refractivity contribution in [3.05, 3.63) is 45.7 Å². The third-order valence-corrected chi connectivity index (χ3v) is 4.48. The standard InChI is InChI=1S/C16H17N3O3S/c1-3-23-16-18-14-13(15(21)19-16)10(8-12(20)17-14)9-6-4-5-7-11(9)22-2/h4-7,10H,3,8H2,1-2H3,(H2,17,18,19,20,21)/t10-/m1/s1. The Morgan fingerprint density at radius 2 is 2.13 bits per heavy atom. The fourth-order valence-electron chi connectivity index (χ4n) is 2.78. The van der Waals surface area contributed by atoms with Gasteiger partial charge in [-0.1, -0.05) is 36.9 Å². The summed E-state index contributed by atoms with van der Waals surface area (Å²) in [6.07, 6.45) is 0.193. The third kappa shape index (κ3) is 2.96. The van der Waals surface area contributed by atoms with E-state index >= 15 is 0 Å². The summed E-state index contributed by atoms with van der Waals surface area (Å²) in [6, 6.07) is 7.42. The quantitative estimate of drug-likeness (QED) is 0.664. The van der Waals surface area contributed by atoms with Gasteiger partial charge in [-0.2, -0.15) is 0 Å². The molecule has 1 amide bonds. The number of fused-ring (bicyclic) bond motifs is 1. The van der Waals surface area contributed by atoms with Gasteiger partial charge < -0.3 is 15.0 Å². The minimum atomic E-state index is -0.369. The molecule has 0 fully saturated rings. The molecule has 0 bridgehead atoms. The number of carbonyl (C=O) groups excluding carboxylic acids is 1. The molecule has 3 rings (SSSR count). The van der Waals surface area contributed by atoms with Crippen LogP contribution in [0.5, 0.6) is 5.75 Å². The molecule has 2 heterocycles. The molecule has 1 aromatic heterocycles. The topological polar surface area (TPSA) is 84.1 Å². The number of aromatic amines is 1. The van der Waals surface area contributed by atoms with Crippen molar-refractivity contribution < 1.29 is 9.53 Å². The fraction of sp³-hybridized carbons (Fsp3) is 0.312. The van der Waals surface area contributed by atoms with Crippen molar-refractivity contribution in [3.63, 3.8) is 0 Å². The number of carbonyl (C=O) groups is 1. The summed E-state index contributed by atoms with van der Waals surface area (Å²) in [7, 11) is 1.58. The molecule has 6 nitrogen and oxygen atoms in total. The maximum Gasteiger partial charge on any atom is 0.257 e. The van der Waals surface area contributed by atoms with Crippen LogP contribution in [-0.4, -0.2) is 28.7 Å². The van der Waals surface area contributed by atoms with Gasteiger partial charge in [0.05, 0.1) is 12.7 Å². The smallest absolute Gasteiger partial charge is 0.257 e. The van der Waals surface area contributed by atoms with Gasteiger partial charge in [0.2, 0.25) is 5.91 Å². The number of nitrogens with zero attached hydrogens (tertiary/aromatic N) is 1. The molecular weight excluding hydrogens is 314 g/mol. The maximum atomic E-state index is 12.5. The van der Waals surface area contributed by atoms with Crippen LogP contribution in [0.1, 0.15) is 30.4 Å². The minimum absolute atomic E-state index is 0.154. The number of para-hydroxylation sites is 1. The van der Waals surface area contributed by atoms with E-state index in [1.165, 1.54) is 11.8 Å². The molecule has 1 aliphatic rings. The Morgan fingerprint density at radius 1 is 1.35 bits per heavy atom. The Bertz CT molecular complexity index is 803. The lowest BCUT2D eigenvalue weighted by Crippen LogP contribution is -2.31. The van der Waals surface area contributed by atoms with Crippen molar-refractivity contribution in [2.24, 2.45) is 0 Å². The lowest BCUT2D eigenvalue weighted by Gasteiger charge is -2.25. The molecule has 0 unspecified atom stereocenters. The Morgan fingerprint density at radius 3 is 2.87 bits per heavy atom. The lowest BCUT2D eigenvalue weighted by atomic mass is 9.86. The van der Waals surface area contributed by atoms with Gasteiger partial charge >= 0.3 is 0 Å². The number of nitrogens with one attached hydrogen (secondary N) is 2. The van der Waals surface area contributed by atoms with E-state index in [9.17, 15) is 9.59 Å². The van der Waals surface area contributed by atoms with Crippen LogP contribution in [0.15, 0.2) is 34.2 Å². The molecule has 0 radical (unpaired) electrons. The fourth-order valence-corrected chi connectivity index (χ4v) is 3.37. The molecule has 2 aromatic rings. The molecule has 1 aromatic carbocycles. The minimum Gasteiger partial charge on any atom is -0.496 e. The van der Waals surface area contributed by atoms with Crippen molar-refractivity contribution >= 4 is 23.5 Å². The van der Waals surface area contributed by atoms with Crippen LogP contribution in [0.3, 0.4) is 0 Å². The van der Waals surface area contributed by atoms with Crippen LogP contribution in [0.4, 0.5) is 5.82 Å². The molecule has 0 spiro atoms. The first-order valence-corrected chi connectivity index (χ1v) is 8.32. The second-order valence-electron chi connectivity index (χ2n) is 5.11. The van der Waals surface area contributed by atoms with Crippen molar-refractivity contribution in [3.8, 4) is 5.75 Å². The molecule has 7 heteroatoms. The van der Waals surface area contributed by atoms with Gasteiger partial charge in [-0.3, -0.25) is 9.59 Å². The van der Waals surface area contributed by atoms with Crippen LogP contribution >= 0.6 is 11.8 Å². The van der Waals surface area contributed by atoms with Crippen molar-refractivity contribution in [2.45, 2.75) is 24.4 Å². The van der Waals surface area contributed by atoms with E-state index < -0.39 is 0 Å². The molecule has 120 valence electrons. The van der Waals surface area contributed by atoms with Crippen molar-refractivity contribution in [2.75, 3.05) is 18.2 Å². The largest absolute Gasteiger partial charge is 0.496 e. The van der Waals surface area contributed by atoms with Gasteiger partial charge in [-0.05, 0) is 11.8 Å². The average Bonchev–Trinajstić information content (AvgIpc) is 2.54. The van der Waals surface area contributed by atoms with E-state index in [1.807, 2.05) is 31.2 Å². The number of H-pyrrole nitrogens is 1.